The average molecular weight is 335 g/mol. The summed E-state index contributed by atoms with van der Waals surface area (Å²) in [5.41, 5.74) is 8.09. The summed E-state index contributed by atoms with van der Waals surface area (Å²) in [5.74, 6) is 0.447. The summed E-state index contributed by atoms with van der Waals surface area (Å²) in [6.45, 7) is 0. The number of anilines is 1. The fourth-order valence-corrected chi connectivity index (χ4v) is 3.23. The first kappa shape index (κ1) is 16.0. The molecule has 0 unspecified atom stereocenters. The Bertz CT molecular complexity index is 904. The zero-order valence-corrected chi connectivity index (χ0v) is 13.6. The lowest BCUT2D eigenvalue weighted by Crippen LogP contribution is -2.00. The van der Waals surface area contributed by atoms with Crippen LogP contribution in [-0.2, 0) is 5.75 Å². The predicted molar refractivity (Wildman–Crippen MR) is 94.8 cm³/mol. The fraction of sp³-hybridized carbons (Fsp3) is 0.0526. The number of benzene rings is 2. The van der Waals surface area contributed by atoms with Crippen molar-refractivity contribution in [2.75, 3.05) is 5.73 Å². The van der Waals surface area contributed by atoms with Crippen LogP contribution >= 0.6 is 11.8 Å². The van der Waals surface area contributed by atoms with Crippen LogP contribution in [0.2, 0.25) is 0 Å². The third kappa shape index (κ3) is 3.39. The van der Waals surface area contributed by atoms with Crippen LogP contribution in [0.25, 0.3) is 11.1 Å². The molecule has 2 aromatic carbocycles. The van der Waals surface area contributed by atoms with E-state index in [1.54, 1.807) is 24.3 Å². The molecule has 3 rings (SSSR count). The van der Waals surface area contributed by atoms with E-state index in [2.05, 4.69) is 4.98 Å². The summed E-state index contributed by atoms with van der Waals surface area (Å²) in [5, 5.41) is 10.0. The molecule has 1 aromatic heterocycles. The summed E-state index contributed by atoms with van der Waals surface area (Å²) in [6.07, 6.45) is 0. The Hall–Kier alpha value is -2.84. The standard InChI is InChI=1S/C19H14FN3S/c20-17-9-5-4-8-14(17)15-10-18(23-19(22)16(15)11-21)24-12-13-6-2-1-3-7-13/h1-10H,12H2,(H2,22,23). The number of halogens is 1. The van der Waals surface area contributed by atoms with Crippen LogP contribution < -0.4 is 5.73 Å². The van der Waals surface area contributed by atoms with Crippen molar-refractivity contribution < 1.29 is 4.39 Å². The fourth-order valence-electron chi connectivity index (χ4n) is 2.36. The van der Waals surface area contributed by atoms with Gasteiger partial charge in [0.2, 0.25) is 0 Å². The minimum atomic E-state index is -0.390. The number of rotatable bonds is 4. The number of nitrogens with zero attached hydrogens (tertiary/aromatic N) is 2. The second kappa shape index (κ2) is 7.16. The van der Waals surface area contributed by atoms with Crippen molar-refractivity contribution in [3.05, 3.63) is 77.6 Å². The molecule has 118 valence electrons. The molecule has 0 spiro atoms. The van der Waals surface area contributed by atoms with Crippen molar-refractivity contribution in [1.29, 1.82) is 5.26 Å². The number of nitrogens with two attached hydrogens (primary N) is 1. The lowest BCUT2D eigenvalue weighted by Gasteiger charge is -2.10. The second-order valence-electron chi connectivity index (χ2n) is 5.13. The minimum absolute atomic E-state index is 0.119. The van der Waals surface area contributed by atoms with Gasteiger partial charge in [-0.15, -0.1) is 11.8 Å². The van der Waals surface area contributed by atoms with Crippen LogP contribution in [0, 0.1) is 17.1 Å². The topological polar surface area (TPSA) is 62.7 Å². The van der Waals surface area contributed by atoms with Gasteiger partial charge in [0, 0.05) is 16.9 Å². The molecule has 3 aromatic rings. The number of pyridine rings is 1. The molecule has 0 aliphatic rings. The van der Waals surface area contributed by atoms with E-state index in [9.17, 15) is 9.65 Å². The summed E-state index contributed by atoms with van der Waals surface area (Å²) < 4.78 is 14.1. The monoisotopic (exact) mass is 335 g/mol. The first-order chi connectivity index (χ1) is 11.7. The normalized spacial score (nSPS) is 10.3. The Labute approximate surface area is 144 Å². The third-order valence-corrected chi connectivity index (χ3v) is 4.51. The van der Waals surface area contributed by atoms with Crippen LogP contribution in [0.1, 0.15) is 11.1 Å². The average Bonchev–Trinajstić information content (AvgIpc) is 2.61. The van der Waals surface area contributed by atoms with Gasteiger partial charge in [0.25, 0.3) is 0 Å². The zero-order valence-electron chi connectivity index (χ0n) is 12.7. The first-order valence-corrected chi connectivity index (χ1v) is 8.30. The van der Waals surface area contributed by atoms with Gasteiger partial charge < -0.3 is 5.73 Å². The first-order valence-electron chi connectivity index (χ1n) is 7.31. The number of hydrogen-bond acceptors (Lipinski definition) is 4. The molecule has 0 saturated carbocycles. The smallest absolute Gasteiger partial charge is 0.143 e. The molecule has 1 heterocycles. The van der Waals surface area contributed by atoms with Crippen molar-refractivity contribution in [2.45, 2.75) is 10.8 Å². The van der Waals surface area contributed by atoms with Gasteiger partial charge in [-0.25, -0.2) is 9.37 Å². The molecule has 0 radical (unpaired) electrons. The van der Waals surface area contributed by atoms with Gasteiger partial charge >= 0.3 is 0 Å². The van der Waals surface area contributed by atoms with Crippen molar-refractivity contribution in [2.24, 2.45) is 0 Å². The SMILES string of the molecule is N#Cc1c(-c2ccccc2F)cc(SCc2ccccc2)nc1N. The van der Waals surface area contributed by atoms with E-state index in [4.69, 9.17) is 5.73 Å². The van der Waals surface area contributed by atoms with Gasteiger partial charge in [0.1, 0.15) is 23.3 Å². The second-order valence-corrected chi connectivity index (χ2v) is 6.13. The lowest BCUT2D eigenvalue weighted by molar-refractivity contribution is 0.631. The number of nitriles is 1. The highest BCUT2D eigenvalue weighted by atomic mass is 32.2. The Kier molecular flexibility index (Phi) is 4.78. The van der Waals surface area contributed by atoms with Gasteiger partial charge in [-0.3, -0.25) is 0 Å². The summed E-state index contributed by atoms with van der Waals surface area (Å²) >= 11 is 1.50. The molecule has 2 N–H and O–H groups in total. The maximum Gasteiger partial charge on any atom is 0.143 e. The largest absolute Gasteiger partial charge is 0.383 e. The Balaban J connectivity index is 1.98. The van der Waals surface area contributed by atoms with Crippen molar-refractivity contribution in [1.82, 2.24) is 4.98 Å². The zero-order chi connectivity index (χ0) is 16.9. The highest BCUT2D eigenvalue weighted by Crippen LogP contribution is 2.33. The van der Waals surface area contributed by atoms with E-state index >= 15 is 0 Å². The molecule has 0 atom stereocenters. The number of nitrogen functional groups attached to an aromatic ring is 1. The van der Waals surface area contributed by atoms with E-state index in [1.807, 2.05) is 36.4 Å². The van der Waals surface area contributed by atoms with Crippen LogP contribution in [0.4, 0.5) is 10.2 Å². The van der Waals surface area contributed by atoms with Gasteiger partial charge in [-0.05, 0) is 17.7 Å². The molecule has 24 heavy (non-hydrogen) atoms. The Morgan fingerprint density at radius 1 is 1.04 bits per heavy atom. The summed E-state index contributed by atoms with van der Waals surface area (Å²) in [4.78, 5) is 4.27. The minimum Gasteiger partial charge on any atom is -0.383 e. The quantitative estimate of drug-likeness (QED) is 0.706. The molecule has 0 amide bonds. The molecule has 0 aliphatic heterocycles. The molecule has 0 fully saturated rings. The summed E-state index contributed by atoms with van der Waals surface area (Å²) in [7, 11) is 0. The number of aromatic nitrogens is 1. The number of hydrogen-bond donors (Lipinski definition) is 1. The Morgan fingerprint density at radius 3 is 2.46 bits per heavy atom. The Morgan fingerprint density at radius 2 is 1.75 bits per heavy atom. The van der Waals surface area contributed by atoms with Gasteiger partial charge in [-0.1, -0.05) is 48.5 Å². The van der Waals surface area contributed by atoms with Gasteiger partial charge in [-0.2, -0.15) is 5.26 Å². The highest BCUT2D eigenvalue weighted by Gasteiger charge is 2.15. The van der Waals surface area contributed by atoms with Crippen molar-refractivity contribution in [3.8, 4) is 17.2 Å². The van der Waals surface area contributed by atoms with Crippen molar-refractivity contribution >= 4 is 17.6 Å². The van der Waals surface area contributed by atoms with E-state index in [-0.39, 0.29) is 11.4 Å². The van der Waals surface area contributed by atoms with Crippen LogP contribution in [0.15, 0.2) is 65.7 Å². The van der Waals surface area contributed by atoms with Gasteiger partial charge in [0.05, 0.1) is 5.03 Å². The van der Waals surface area contributed by atoms with E-state index < -0.39 is 5.82 Å². The molecular formula is C19H14FN3S. The van der Waals surface area contributed by atoms with E-state index in [0.717, 1.165) is 11.3 Å². The van der Waals surface area contributed by atoms with Crippen molar-refractivity contribution in [3.63, 3.8) is 0 Å². The molecule has 0 aliphatic carbocycles. The highest BCUT2D eigenvalue weighted by molar-refractivity contribution is 7.98. The molecular weight excluding hydrogens is 321 g/mol. The summed E-state index contributed by atoms with van der Waals surface area (Å²) in [6, 6.07) is 20.1. The molecule has 5 heteroatoms. The van der Waals surface area contributed by atoms with Crippen LogP contribution in [-0.4, -0.2) is 4.98 Å². The molecule has 0 saturated heterocycles. The van der Waals surface area contributed by atoms with Crippen LogP contribution in [0.3, 0.4) is 0 Å². The maximum absolute atomic E-state index is 14.1. The van der Waals surface area contributed by atoms with E-state index in [0.29, 0.717) is 16.2 Å². The van der Waals surface area contributed by atoms with E-state index in [1.165, 1.54) is 17.8 Å². The number of thioether (sulfide) groups is 1. The molecule has 0 bridgehead atoms. The third-order valence-electron chi connectivity index (χ3n) is 3.53. The molecule has 3 nitrogen and oxygen atoms in total. The van der Waals surface area contributed by atoms with Gasteiger partial charge in [0.15, 0.2) is 0 Å². The van der Waals surface area contributed by atoms with Crippen LogP contribution in [0.5, 0.6) is 0 Å². The predicted octanol–water partition coefficient (Wildman–Crippen LogP) is 4.63. The maximum atomic E-state index is 14.1. The lowest BCUT2D eigenvalue weighted by atomic mass is 10.0.